The van der Waals surface area contributed by atoms with E-state index in [-0.39, 0.29) is 0 Å². The Hall–Kier alpha value is -0.300. The number of piperidine rings is 1. The van der Waals surface area contributed by atoms with Crippen LogP contribution in [0.1, 0.15) is 38.5 Å². The van der Waals surface area contributed by atoms with Gasteiger partial charge in [-0.05, 0) is 50.6 Å². The van der Waals surface area contributed by atoms with E-state index in [0.29, 0.717) is 0 Å². The zero-order valence-electron chi connectivity index (χ0n) is 8.47. The predicted molar refractivity (Wildman–Crippen MR) is 56.7 cm³/mol. The lowest BCUT2D eigenvalue weighted by molar-refractivity contribution is 0.434. The first-order valence-electron chi connectivity index (χ1n) is 5.84. The fraction of sp³-hybridized carbons (Fsp3) is 0.833. The lowest BCUT2D eigenvalue weighted by Gasteiger charge is -2.19. The molecule has 0 atom stereocenters. The molecule has 1 aliphatic heterocycles. The van der Waals surface area contributed by atoms with Crippen molar-refractivity contribution in [3.05, 3.63) is 12.2 Å². The van der Waals surface area contributed by atoms with Crippen molar-refractivity contribution in [1.82, 2.24) is 5.32 Å². The van der Waals surface area contributed by atoms with Gasteiger partial charge in [0.05, 0.1) is 0 Å². The summed E-state index contributed by atoms with van der Waals surface area (Å²) in [7, 11) is 0. The van der Waals surface area contributed by atoms with Crippen LogP contribution in [-0.4, -0.2) is 13.1 Å². The van der Waals surface area contributed by atoms with E-state index in [0.717, 1.165) is 11.8 Å². The Morgan fingerprint density at radius 1 is 0.769 bits per heavy atom. The summed E-state index contributed by atoms with van der Waals surface area (Å²) in [6.45, 7) is 2.44. The van der Waals surface area contributed by atoms with Gasteiger partial charge < -0.3 is 5.32 Å². The van der Waals surface area contributed by atoms with Crippen LogP contribution in [0, 0.1) is 11.8 Å². The molecule has 13 heavy (non-hydrogen) atoms. The van der Waals surface area contributed by atoms with Crippen LogP contribution < -0.4 is 5.32 Å². The van der Waals surface area contributed by atoms with Crippen molar-refractivity contribution >= 4 is 0 Å². The van der Waals surface area contributed by atoms with Gasteiger partial charge >= 0.3 is 0 Å². The summed E-state index contributed by atoms with van der Waals surface area (Å²) in [4.78, 5) is 0. The Labute approximate surface area is 81.6 Å². The molecule has 1 saturated carbocycles. The van der Waals surface area contributed by atoms with Crippen LogP contribution in [0.2, 0.25) is 0 Å². The second-order valence-electron chi connectivity index (χ2n) is 4.52. The summed E-state index contributed by atoms with van der Waals surface area (Å²) >= 11 is 0. The van der Waals surface area contributed by atoms with Crippen molar-refractivity contribution in [3.63, 3.8) is 0 Å². The van der Waals surface area contributed by atoms with Crippen LogP contribution in [0.15, 0.2) is 12.2 Å². The van der Waals surface area contributed by atoms with Crippen LogP contribution >= 0.6 is 0 Å². The molecule has 0 amide bonds. The summed E-state index contributed by atoms with van der Waals surface area (Å²) < 4.78 is 0. The highest BCUT2D eigenvalue weighted by Crippen LogP contribution is 2.26. The SMILES string of the molecule is C(=C\C1CCNCC1)/C1CCCC1. The first-order chi connectivity index (χ1) is 6.45. The summed E-state index contributed by atoms with van der Waals surface area (Å²) in [5.74, 6) is 1.80. The van der Waals surface area contributed by atoms with Gasteiger partial charge in [0.25, 0.3) is 0 Å². The average Bonchev–Trinajstić information content (AvgIpc) is 2.69. The molecule has 2 aliphatic rings. The largest absolute Gasteiger partial charge is 0.317 e. The maximum atomic E-state index is 3.41. The lowest BCUT2D eigenvalue weighted by Crippen LogP contribution is -2.26. The highest BCUT2D eigenvalue weighted by Gasteiger charge is 2.13. The summed E-state index contributed by atoms with van der Waals surface area (Å²) in [6.07, 6.45) is 13.5. The first kappa shape index (κ1) is 9.26. The van der Waals surface area contributed by atoms with Crippen molar-refractivity contribution in [3.8, 4) is 0 Å². The molecule has 0 aromatic carbocycles. The van der Waals surface area contributed by atoms with Gasteiger partial charge in [0.2, 0.25) is 0 Å². The average molecular weight is 179 g/mol. The molecule has 2 rings (SSSR count). The van der Waals surface area contributed by atoms with E-state index < -0.39 is 0 Å². The van der Waals surface area contributed by atoms with Crippen molar-refractivity contribution in [2.24, 2.45) is 11.8 Å². The molecule has 0 spiro atoms. The summed E-state index contributed by atoms with van der Waals surface area (Å²) in [6, 6.07) is 0. The monoisotopic (exact) mass is 179 g/mol. The standard InChI is InChI=1S/C12H21N/c1-2-4-11(3-1)5-6-12-7-9-13-10-8-12/h5-6,11-13H,1-4,7-10H2/b6-5+. The predicted octanol–water partition coefficient (Wildman–Crippen LogP) is 2.73. The Kier molecular flexibility index (Phi) is 3.42. The number of hydrogen-bond donors (Lipinski definition) is 1. The molecule has 1 saturated heterocycles. The topological polar surface area (TPSA) is 12.0 Å². The van der Waals surface area contributed by atoms with E-state index in [9.17, 15) is 0 Å². The highest BCUT2D eigenvalue weighted by atomic mass is 14.9. The molecule has 0 aromatic rings. The van der Waals surface area contributed by atoms with Gasteiger partial charge in [0.1, 0.15) is 0 Å². The van der Waals surface area contributed by atoms with Crippen molar-refractivity contribution in [1.29, 1.82) is 0 Å². The van der Waals surface area contributed by atoms with Crippen molar-refractivity contribution < 1.29 is 0 Å². The molecule has 0 unspecified atom stereocenters. The van der Waals surface area contributed by atoms with Crippen molar-refractivity contribution in [2.45, 2.75) is 38.5 Å². The third kappa shape index (κ3) is 2.84. The fourth-order valence-electron chi connectivity index (χ4n) is 2.50. The van der Waals surface area contributed by atoms with E-state index in [4.69, 9.17) is 0 Å². The van der Waals surface area contributed by atoms with Gasteiger partial charge in [-0.15, -0.1) is 0 Å². The lowest BCUT2D eigenvalue weighted by atomic mass is 9.95. The molecule has 2 fully saturated rings. The van der Waals surface area contributed by atoms with Crippen LogP contribution in [0.25, 0.3) is 0 Å². The molecule has 1 heterocycles. The Morgan fingerprint density at radius 3 is 1.92 bits per heavy atom. The maximum Gasteiger partial charge on any atom is -0.00433 e. The molecule has 1 nitrogen and oxygen atoms in total. The van der Waals surface area contributed by atoms with Gasteiger partial charge in [-0.3, -0.25) is 0 Å². The second kappa shape index (κ2) is 4.80. The second-order valence-corrected chi connectivity index (χ2v) is 4.52. The number of nitrogens with one attached hydrogen (secondary N) is 1. The zero-order valence-corrected chi connectivity index (χ0v) is 8.47. The number of allylic oxidation sites excluding steroid dienone is 2. The molecular weight excluding hydrogens is 158 g/mol. The van der Waals surface area contributed by atoms with Gasteiger partial charge in [-0.2, -0.15) is 0 Å². The van der Waals surface area contributed by atoms with E-state index in [1.807, 2.05) is 0 Å². The Balaban J connectivity index is 1.74. The summed E-state index contributed by atoms with van der Waals surface area (Å²) in [5.41, 5.74) is 0. The van der Waals surface area contributed by atoms with Crippen LogP contribution in [0.3, 0.4) is 0 Å². The van der Waals surface area contributed by atoms with E-state index in [2.05, 4.69) is 17.5 Å². The third-order valence-electron chi connectivity index (χ3n) is 3.44. The van der Waals surface area contributed by atoms with Crippen LogP contribution in [0.5, 0.6) is 0 Å². The van der Waals surface area contributed by atoms with Gasteiger partial charge in [-0.1, -0.05) is 25.0 Å². The molecule has 0 aromatic heterocycles. The van der Waals surface area contributed by atoms with E-state index in [1.165, 1.54) is 51.6 Å². The normalized spacial score (nSPS) is 27.4. The molecule has 74 valence electrons. The highest BCUT2D eigenvalue weighted by molar-refractivity contribution is 4.95. The molecule has 0 radical (unpaired) electrons. The van der Waals surface area contributed by atoms with E-state index >= 15 is 0 Å². The number of rotatable bonds is 2. The third-order valence-corrected chi connectivity index (χ3v) is 3.44. The van der Waals surface area contributed by atoms with Crippen LogP contribution in [0.4, 0.5) is 0 Å². The van der Waals surface area contributed by atoms with Crippen LogP contribution in [-0.2, 0) is 0 Å². The minimum Gasteiger partial charge on any atom is -0.317 e. The molecule has 0 bridgehead atoms. The molecule has 1 heteroatoms. The number of hydrogen-bond acceptors (Lipinski definition) is 1. The van der Waals surface area contributed by atoms with Gasteiger partial charge in [0.15, 0.2) is 0 Å². The van der Waals surface area contributed by atoms with Gasteiger partial charge in [0, 0.05) is 0 Å². The smallest absolute Gasteiger partial charge is 0.00433 e. The Morgan fingerprint density at radius 2 is 1.31 bits per heavy atom. The minimum absolute atomic E-state index is 0.877. The molecule has 1 aliphatic carbocycles. The van der Waals surface area contributed by atoms with E-state index in [1.54, 1.807) is 0 Å². The maximum absolute atomic E-state index is 3.41. The van der Waals surface area contributed by atoms with Gasteiger partial charge in [-0.25, -0.2) is 0 Å². The molecular formula is C12H21N. The van der Waals surface area contributed by atoms with Crippen molar-refractivity contribution in [2.75, 3.05) is 13.1 Å². The first-order valence-corrected chi connectivity index (χ1v) is 5.84. The zero-order chi connectivity index (χ0) is 8.93. The molecule has 1 N–H and O–H groups in total. The summed E-state index contributed by atoms with van der Waals surface area (Å²) in [5, 5.41) is 3.41. The Bertz CT molecular complexity index is 162. The minimum atomic E-state index is 0.877. The quantitative estimate of drug-likeness (QED) is 0.643. The fourth-order valence-corrected chi connectivity index (χ4v) is 2.50.